The highest BCUT2D eigenvalue weighted by atomic mass is 19.1. The van der Waals surface area contributed by atoms with E-state index in [9.17, 15) is 4.39 Å². The van der Waals surface area contributed by atoms with Crippen LogP contribution in [0.2, 0.25) is 0 Å². The molecule has 0 saturated heterocycles. The summed E-state index contributed by atoms with van der Waals surface area (Å²) in [5.74, 6) is 1.36. The Balaban J connectivity index is 1.62. The molecule has 0 saturated carbocycles. The summed E-state index contributed by atoms with van der Waals surface area (Å²) in [6, 6.07) is 6.92. The second-order valence-corrected chi connectivity index (χ2v) is 7.18. The van der Waals surface area contributed by atoms with E-state index >= 15 is 0 Å². The van der Waals surface area contributed by atoms with Gasteiger partial charge >= 0.3 is 0 Å². The SMILES string of the molecule is CC(C)c1nc2c(n1C)CCN(Cc1cc(F)cc3cccnc13)C2. The number of rotatable bonds is 3. The van der Waals surface area contributed by atoms with Crippen molar-refractivity contribution in [2.24, 2.45) is 7.05 Å². The summed E-state index contributed by atoms with van der Waals surface area (Å²) in [7, 11) is 2.11. The van der Waals surface area contributed by atoms with Crippen molar-refractivity contribution < 1.29 is 4.39 Å². The fraction of sp³-hybridized carbons (Fsp3) is 0.400. The van der Waals surface area contributed by atoms with Gasteiger partial charge in [-0.3, -0.25) is 9.88 Å². The number of benzene rings is 1. The normalized spacial score (nSPS) is 15.1. The van der Waals surface area contributed by atoms with Crippen molar-refractivity contribution in [1.82, 2.24) is 19.4 Å². The Labute approximate surface area is 147 Å². The lowest BCUT2D eigenvalue weighted by Crippen LogP contribution is -2.31. The molecule has 1 aliphatic heterocycles. The van der Waals surface area contributed by atoms with Gasteiger partial charge in [0.1, 0.15) is 11.6 Å². The number of hydrogen-bond acceptors (Lipinski definition) is 3. The number of aromatic nitrogens is 3. The lowest BCUT2D eigenvalue weighted by atomic mass is 10.1. The molecular formula is C20H23FN4. The van der Waals surface area contributed by atoms with Crippen LogP contribution < -0.4 is 0 Å². The molecule has 3 aromatic rings. The molecule has 0 N–H and O–H groups in total. The monoisotopic (exact) mass is 338 g/mol. The van der Waals surface area contributed by atoms with Crippen molar-refractivity contribution in [2.75, 3.05) is 6.54 Å². The van der Waals surface area contributed by atoms with Gasteiger partial charge in [0.15, 0.2) is 0 Å². The molecule has 5 heteroatoms. The number of imidazole rings is 1. The summed E-state index contributed by atoms with van der Waals surface area (Å²) in [5, 5.41) is 0.857. The van der Waals surface area contributed by atoms with Gasteiger partial charge in [0.05, 0.1) is 11.2 Å². The summed E-state index contributed by atoms with van der Waals surface area (Å²) in [6.07, 6.45) is 2.75. The van der Waals surface area contributed by atoms with Crippen LogP contribution in [-0.4, -0.2) is 26.0 Å². The Morgan fingerprint density at radius 3 is 2.92 bits per heavy atom. The highest BCUT2D eigenvalue weighted by molar-refractivity contribution is 5.81. The fourth-order valence-electron chi connectivity index (χ4n) is 3.84. The van der Waals surface area contributed by atoms with Crippen molar-refractivity contribution in [1.29, 1.82) is 0 Å². The fourth-order valence-corrected chi connectivity index (χ4v) is 3.84. The van der Waals surface area contributed by atoms with Gasteiger partial charge in [-0.1, -0.05) is 19.9 Å². The predicted molar refractivity (Wildman–Crippen MR) is 96.8 cm³/mol. The number of halogens is 1. The number of nitrogens with zero attached hydrogens (tertiary/aromatic N) is 4. The highest BCUT2D eigenvalue weighted by Crippen LogP contribution is 2.26. The zero-order chi connectivity index (χ0) is 17.6. The molecule has 1 aromatic carbocycles. The van der Waals surface area contributed by atoms with E-state index in [1.54, 1.807) is 18.3 Å². The third-order valence-corrected chi connectivity index (χ3v) is 5.03. The first-order valence-electron chi connectivity index (χ1n) is 8.83. The topological polar surface area (TPSA) is 34.0 Å². The molecule has 4 nitrogen and oxygen atoms in total. The molecule has 25 heavy (non-hydrogen) atoms. The maximum Gasteiger partial charge on any atom is 0.124 e. The Hall–Kier alpha value is -2.27. The van der Waals surface area contributed by atoms with Crippen LogP contribution in [0.1, 0.15) is 42.5 Å². The first kappa shape index (κ1) is 16.2. The van der Waals surface area contributed by atoms with Crippen LogP contribution in [-0.2, 0) is 26.6 Å². The summed E-state index contributed by atoms with van der Waals surface area (Å²) >= 11 is 0. The molecule has 0 spiro atoms. The van der Waals surface area contributed by atoms with E-state index in [1.807, 2.05) is 12.1 Å². The molecule has 3 heterocycles. The Bertz CT molecular complexity index is 929. The molecule has 0 atom stereocenters. The standard InChI is InChI=1S/C20H23FN4/c1-13(2)20-23-17-12-25(8-6-18(17)24(20)3)11-15-10-16(21)9-14-5-4-7-22-19(14)15/h4-5,7,9-10,13H,6,8,11-12H2,1-3H3. The van der Waals surface area contributed by atoms with Gasteiger partial charge in [-0.25, -0.2) is 9.37 Å². The summed E-state index contributed by atoms with van der Waals surface area (Å²) in [5.41, 5.74) is 4.32. The van der Waals surface area contributed by atoms with Crippen molar-refractivity contribution in [3.05, 3.63) is 59.1 Å². The van der Waals surface area contributed by atoms with E-state index in [2.05, 4.69) is 35.3 Å². The smallest absolute Gasteiger partial charge is 0.124 e. The summed E-state index contributed by atoms with van der Waals surface area (Å²) < 4.78 is 16.2. The molecule has 0 bridgehead atoms. The zero-order valence-electron chi connectivity index (χ0n) is 15.0. The first-order valence-corrected chi connectivity index (χ1v) is 8.83. The quantitative estimate of drug-likeness (QED) is 0.729. The largest absolute Gasteiger partial charge is 0.335 e. The van der Waals surface area contributed by atoms with E-state index < -0.39 is 0 Å². The molecule has 0 amide bonds. The third kappa shape index (κ3) is 2.93. The van der Waals surface area contributed by atoms with Crippen molar-refractivity contribution in [2.45, 2.75) is 39.3 Å². The molecule has 4 rings (SSSR count). The number of hydrogen-bond donors (Lipinski definition) is 0. The van der Waals surface area contributed by atoms with Crippen molar-refractivity contribution in [3.63, 3.8) is 0 Å². The van der Waals surface area contributed by atoms with Crippen molar-refractivity contribution >= 4 is 10.9 Å². The summed E-state index contributed by atoms with van der Waals surface area (Å²) in [6.45, 7) is 6.81. The van der Waals surface area contributed by atoms with E-state index in [4.69, 9.17) is 4.98 Å². The zero-order valence-corrected chi connectivity index (χ0v) is 15.0. The lowest BCUT2D eigenvalue weighted by Gasteiger charge is -2.27. The molecule has 0 fully saturated rings. The van der Waals surface area contributed by atoms with Gasteiger partial charge in [-0.2, -0.15) is 0 Å². The molecule has 0 unspecified atom stereocenters. The highest BCUT2D eigenvalue weighted by Gasteiger charge is 2.24. The van der Waals surface area contributed by atoms with E-state index in [0.29, 0.717) is 12.5 Å². The van der Waals surface area contributed by atoms with Gasteiger partial charge in [-0.05, 0) is 23.8 Å². The molecule has 1 aliphatic rings. The van der Waals surface area contributed by atoms with Gasteiger partial charge in [0.2, 0.25) is 0 Å². The predicted octanol–water partition coefficient (Wildman–Crippen LogP) is 3.79. The maximum atomic E-state index is 14.0. The number of fused-ring (bicyclic) bond motifs is 2. The summed E-state index contributed by atoms with van der Waals surface area (Å²) in [4.78, 5) is 11.6. The third-order valence-electron chi connectivity index (χ3n) is 5.03. The van der Waals surface area contributed by atoms with E-state index in [0.717, 1.165) is 47.5 Å². The van der Waals surface area contributed by atoms with Gasteiger partial charge in [0.25, 0.3) is 0 Å². The van der Waals surface area contributed by atoms with Gasteiger partial charge < -0.3 is 4.57 Å². The van der Waals surface area contributed by atoms with Crippen LogP contribution >= 0.6 is 0 Å². The minimum atomic E-state index is -0.201. The van der Waals surface area contributed by atoms with Crippen LogP contribution in [0.25, 0.3) is 10.9 Å². The van der Waals surface area contributed by atoms with Crippen LogP contribution in [0.3, 0.4) is 0 Å². The van der Waals surface area contributed by atoms with Crippen molar-refractivity contribution in [3.8, 4) is 0 Å². The minimum Gasteiger partial charge on any atom is -0.335 e. The number of pyridine rings is 1. The Morgan fingerprint density at radius 2 is 2.12 bits per heavy atom. The average Bonchev–Trinajstić information content (AvgIpc) is 2.91. The lowest BCUT2D eigenvalue weighted by molar-refractivity contribution is 0.240. The average molecular weight is 338 g/mol. The second kappa shape index (κ2) is 6.23. The molecule has 0 radical (unpaired) electrons. The van der Waals surface area contributed by atoms with E-state index in [-0.39, 0.29) is 5.82 Å². The van der Waals surface area contributed by atoms with Crippen LogP contribution in [0.5, 0.6) is 0 Å². The van der Waals surface area contributed by atoms with E-state index in [1.165, 1.54) is 5.69 Å². The van der Waals surface area contributed by atoms with Crippen LogP contribution in [0.4, 0.5) is 4.39 Å². The molecular weight excluding hydrogens is 315 g/mol. The Kier molecular flexibility index (Phi) is 4.04. The Morgan fingerprint density at radius 1 is 1.28 bits per heavy atom. The molecule has 130 valence electrons. The molecule has 2 aromatic heterocycles. The second-order valence-electron chi connectivity index (χ2n) is 7.18. The first-order chi connectivity index (χ1) is 12.0. The molecule has 0 aliphatic carbocycles. The van der Waals surface area contributed by atoms with Crippen LogP contribution in [0.15, 0.2) is 30.5 Å². The maximum absolute atomic E-state index is 14.0. The van der Waals surface area contributed by atoms with Crippen LogP contribution in [0, 0.1) is 5.82 Å². The van der Waals surface area contributed by atoms with Gasteiger partial charge in [-0.15, -0.1) is 0 Å². The minimum absolute atomic E-state index is 0.201. The van der Waals surface area contributed by atoms with Gasteiger partial charge in [0, 0.05) is 56.3 Å².